The van der Waals surface area contributed by atoms with Crippen LogP contribution in [0.4, 0.5) is 0 Å². The molecule has 0 amide bonds. The third-order valence-corrected chi connectivity index (χ3v) is 5.30. The molecule has 1 aliphatic rings. The first-order valence-electron chi connectivity index (χ1n) is 6.52. The fourth-order valence-corrected chi connectivity index (χ4v) is 4.20. The van der Waals surface area contributed by atoms with Gasteiger partial charge in [0.15, 0.2) is 0 Å². The fraction of sp³-hybridized carbons (Fsp3) is 0.357. The number of carboxylic acids is 1. The topological polar surface area (TPSA) is 83.5 Å². The van der Waals surface area contributed by atoms with Crippen LogP contribution in [0.5, 0.6) is 0 Å². The summed E-state index contributed by atoms with van der Waals surface area (Å²) in [6.45, 7) is 1.47. The molecule has 0 heterocycles. The standard InChI is InChI=1S/C14H16ClNO4S/c1-9-12(14(17)18)7-10(15)8-13(9)21(19,20)16-11-5-3-2-4-6-11/h2-3,7-8,11,16H,4-6H2,1H3,(H,17,18). The first kappa shape index (κ1) is 16.0. The Kier molecular flexibility index (Phi) is 4.70. The van der Waals surface area contributed by atoms with E-state index in [2.05, 4.69) is 4.72 Å². The van der Waals surface area contributed by atoms with Crippen molar-refractivity contribution in [1.29, 1.82) is 0 Å². The normalized spacial score (nSPS) is 18.7. The maximum atomic E-state index is 12.5. The highest BCUT2D eigenvalue weighted by Crippen LogP contribution is 2.25. The molecule has 0 aromatic heterocycles. The van der Waals surface area contributed by atoms with Gasteiger partial charge in [0.05, 0.1) is 10.5 Å². The summed E-state index contributed by atoms with van der Waals surface area (Å²) in [5.74, 6) is -1.20. The van der Waals surface area contributed by atoms with E-state index in [0.29, 0.717) is 6.42 Å². The van der Waals surface area contributed by atoms with Crippen LogP contribution < -0.4 is 4.72 Å². The molecule has 0 saturated heterocycles. The summed E-state index contributed by atoms with van der Waals surface area (Å²) in [7, 11) is -3.80. The molecule has 0 fully saturated rings. The predicted molar refractivity (Wildman–Crippen MR) is 80.2 cm³/mol. The molecule has 0 saturated carbocycles. The van der Waals surface area contributed by atoms with E-state index >= 15 is 0 Å². The molecule has 0 spiro atoms. The van der Waals surface area contributed by atoms with Crippen LogP contribution >= 0.6 is 11.6 Å². The highest BCUT2D eigenvalue weighted by molar-refractivity contribution is 7.89. The number of carbonyl (C=O) groups is 1. The smallest absolute Gasteiger partial charge is 0.336 e. The molecule has 0 aliphatic heterocycles. The molecular weight excluding hydrogens is 314 g/mol. The third-order valence-electron chi connectivity index (χ3n) is 3.44. The summed E-state index contributed by atoms with van der Waals surface area (Å²) in [4.78, 5) is 11.1. The van der Waals surface area contributed by atoms with E-state index in [1.54, 1.807) is 0 Å². The van der Waals surface area contributed by atoms with Gasteiger partial charge in [-0.3, -0.25) is 0 Å². The summed E-state index contributed by atoms with van der Waals surface area (Å²) in [6, 6.07) is 2.36. The van der Waals surface area contributed by atoms with Crippen molar-refractivity contribution in [2.24, 2.45) is 0 Å². The third kappa shape index (κ3) is 3.64. The van der Waals surface area contributed by atoms with Crippen LogP contribution in [0.1, 0.15) is 35.2 Å². The van der Waals surface area contributed by atoms with Gasteiger partial charge < -0.3 is 5.11 Å². The number of halogens is 1. The lowest BCUT2D eigenvalue weighted by Crippen LogP contribution is -2.35. The van der Waals surface area contributed by atoms with Gasteiger partial charge in [0.2, 0.25) is 10.0 Å². The van der Waals surface area contributed by atoms with Gasteiger partial charge in [0.1, 0.15) is 0 Å². The van der Waals surface area contributed by atoms with Crippen LogP contribution in [0.15, 0.2) is 29.2 Å². The maximum Gasteiger partial charge on any atom is 0.336 e. The zero-order valence-electron chi connectivity index (χ0n) is 11.5. The van der Waals surface area contributed by atoms with Crippen molar-refractivity contribution in [2.45, 2.75) is 37.1 Å². The molecule has 21 heavy (non-hydrogen) atoms. The number of benzene rings is 1. The molecule has 114 valence electrons. The Morgan fingerprint density at radius 2 is 2.10 bits per heavy atom. The predicted octanol–water partition coefficient (Wildman–Crippen LogP) is 2.73. The maximum absolute atomic E-state index is 12.5. The summed E-state index contributed by atoms with van der Waals surface area (Å²) in [5.41, 5.74) is 0.0807. The Bertz CT molecular complexity index is 697. The molecule has 1 aromatic rings. The van der Waals surface area contributed by atoms with Crippen LogP contribution in [0.25, 0.3) is 0 Å². The number of rotatable bonds is 4. The van der Waals surface area contributed by atoms with E-state index < -0.39 is 16.0 Å². The van der Waals surface area contributed by atoms with Gasteiger partial charge in [-0.05, 0) is 43.9 Å². The van der Waals surface area contributed by atoms with Crippen LogP contribution in [0.2, 0.25) is 5.02 Å². The van der Waals surface area contributed by atoms with Crippen molar-refractivity contribution in [3.05, 3.63) is 40.4 Å². The second-order valence-corrected chi connectivity index (χ2v) is 7.10. The summed E-state index contributed by atoms with van der Waals surface area (Å²) < 4.78 is 27.5. The molecule has 2 rings (SSSR count). The second-order valence-electron chi connectivity index (χ2n) is 4.98. The number of hydrogen-bond donors (Lipinski definition) is 2. The number of aromatic carboxylic acids is 1. The molecule has 7 heteroatoms. The number of hydrogen-bond acceptors (Lipinski definition) is 3. The number of nitrogens with one attached hydrogen (secondary N) is 1. The van der Waals surface area contributed by atoms with E-state index in [9.17, 15) is 13.2 Å². The Morgan fingerprint density at radius 1 is 1.38 bits per heavy atom. The summed E-state index contributed by atoms with van der Waals surface area (Å²) in [6.07, 6.45) is 6.12. The molecule has 5 nitrogen and oxygen atoms in total. The number of allylic oxidation sites excluding steroid dienone is 1. The van der Waals surface area contributed by atoms with Crippen LogP contribution in [-0.4, -0.2) is 25.5 Å². The van der Waals surface area contributed by atoms with E-state index in [4.69, 9.17) is 16.7 Å². The lowest BCUT2D eigenvalue weighted by molar-refractivity contribution is 0.0696. The van der Waals surface area contributed by atoms with Gasteiger partial charge in [-0.1, -0.05) is 23.8 Å². The first-order chi connectivity index (χ1) is 9.81. The molecule has 0 radical (unpaired) electrons. The van der Waals surface area contributed by atoms with E-state index in [1.807, 2.05) is 12.2 Å². The average molecular weight is 330 g/mol. The summed E-state index contributed by atoms with van der Waals surface area (Å²) >= 11 is 5.85. The number of sulfonamides is 1. The highest BCUT2D eigenvalue weighted by atomic mass is 35.5. The lowest BCUT2D eigenvalue weighted by atomic mass is 10.0. The van der Waals surface area contributed by atoms with Gasteiger partial charge in [-0.2, -0.15) is 0 Å². The zero-order chi connectivity index (χ0) is 15.6. The highest BCUT2D eigenvalue weighted by Gasteiger charge is 2.25. The van der Waals surface area contributed by atoms with Crippen molar-refractivity contribution in [3.63, 3.8) is 0 Å². The minimum Gasteiger partial charge on any atom is -0.478 e. The van der Waals surface area contributed by atoms with E-state index in [-0.39, 0.29) is 27.1 Å². The minimum atomic E-state index is -3.80. The van der Waals surface area contributed by atoms with Crippen molar-refractivity contribution in [3.8, 4) is 0 Å². The molecular formula is C14H16ClNO4S. The quantitative estimate of drug-likeness (QED) is 0.832. The van der Waals surface area contributed by atoms with Crippen LogP contribution in [-0.2, 0) is 10.0 Å². The largest absolute Gasteiger partial charge is 0.478 e. The van der Waals surface area contributed by atoms with Crippen LogP contribution in [0, 0.1) is 6.92 Å². The van der Waals surface area contributed by atoms with Crippen LogP contribution in [0.3, 0.4) is 0 Å². The Balaban J connectivity index is 2.40. The zero-order valence-corrected chi connectivity index (χ0v) is 13.0. The average Bonchev–Trinajstić information content (AvgIpc) is 2.41. The second kappa shape index (κ2) is 6.17. The monoisotopic (exact) mass is 329 g/mol. The molecule has 1 aromatic carbocycles. The van der Waals surface area contributed by atoms with Crippen molar-refractivity contribution in [2.75, 3.05) is 0 Å². The molecule has 2 N–H and O–H groups in total. The Hall–Kier alpha value is -1.37. The molecule has 1 atom stereocenters. The van der Waals surface area contributed by atoms with E-state index in [1.165, 1.54) is 19.1 Å². The van der Waals surface area contributed by atoms with Gasteiger partial charge in [0.25, 0.3) is 0 Å². The fourth-order valence-electron chi connectivity index (χ4n) is 2.34. The molecule has 0 bridgehead atoms. The Morgan fingerprint density at radius 3 is 2.67 bits per heavy atom. The van der Waals surface area contributed by atoms with Gasteiger partial charge >= 0.3 is 5.97 Å². The minimum absolute atomic E-state index is 0.0815. The van der Waals surface area contributed by atoms with Gasteiger partial charge in [-0.15, -0.1) is 0 Å². The molecule has 1 aliphatic carbocycles. The lowest BCUT2D eigenvalue weighted by Gasteiger charge is -2.20. The Labute approximate surface area is 128 Å². The number of carboxylic acid groups (broad SMARTS) is 1. The first-order valence-corrected chi connectivity index (χ1v) is 8.38. The van der Waals surface area contributed by atoms with Gasteiger partial charge in [0, 0.05) is 11.1 Å². The SMILES string of the molecule is Cc1c(C(=O)O)cc(Cl)cc1S(=O)(=O)NC1CC=CCC1. The van der Waals surface area contributed by atoms with Crippen molar-refractivity contribution >= 4 is 27.6 Å². The summed E-state index contributed by atoms with van der Waals surface area (Å²) in [5, 5.41) is 9.20. The molecule has 1 unspecified atom stereocenters. The van der Waals surface area contributed by atoms with Gasteiger partial charge in [-0.25, -0.2) is 17.9 Å². The van der Waals surface area contributed by atoms with Crippen molar-refractivity contribution in [1.82, 2.24) is 4.72 Å². The van der Waals surface area contributed by atoms with E-state index in [0.717, 1.165) is 12.8 Å². The van der Waals surface area contributed by atoms with Crippen molar-refractivity contribution < 1.29 is 18.3 Å².